The van der Waals surface area contributed by atoms with Gasteiger partial charge in [-0.05, 0) is 19.1 Å². The topological polar surface area (TPSA) is 66.8 Å². The maximum atomic E-state index is 13.2. The van der Waals surface area contributed by atoms with Crippen molar-refractivity contribution in [3.8, 4) is 0 Å². The Hall–Kier alpha value is -2.02. The minimum atomic E-state index is -1.49. The van der Waals surface area contributed by atoms with Crippen molar-refractivity contribution in [3.05, 3.63) is 34.9 Å². The number of carboxylic acid groups (broad SMARTS) is 1. The summed E-state index contributed by atoms with van der Waals surface area (Å²) in [5.41, 5.74) is -0.945. The summed E-state index contributed by atoms with van der Waals surface area (Å²) in [5, 5.41) is 8.98. The summed E-state index contributed by atoms with van der Waals surface area (Å²) >= 11 is 0. The average molecular weight is 287 g/mol. The van der Waals surface area contributed by atoms with Gasteiger partial charge in [0.05, 0.1) is 17.7 Å². The Labute approximate surface area is 114 Å². The van der Waals surface area contributed by atoms with Gasteiger partial charge in [0.2, 0.25) is 0 Å². The maximum absolute atomic E-state index is 13.2. The van der Waals surface area contributed by atoms with E-state index >= 15 is 0 Å². The molecule has 5 nitrogen and oxygen atoms in total. The minimum absolute atomic E-state index is 0.226. The van der Waals surface area contributed by atoms with Gasteiger partial charge in [0.1, 0.15) is 0 Å². The molecule has 0 unspecified atom stereocenters. The molecule has 1 aromatic rings. The van der Waals surface area contributed by atoms with Crippen molar-refractivity contribution in [1.29, 1.82) is 0 Å². The smallest absolute Gasteiger partial charge is 0.336 e. The average Bonchev–Trinajstić information content (AvgIpc) is 2.41. The van der Waals surface area contributed by atoms with Gasteiger partial charge in [-0.2, -0.15) is 0 Å². The molecule has 1 rings (SSSR count). The molecule has 0 saturated carbocycles. The summed E-state index contributed by atoms with van der Waals surface area (Å²) in [7, 11) is 1.46. The normalized spacial score (nSPS) is 10.4. The molecule has 0 radical (unpaired) electrons. The van der Waals surface area contributed by atoms with Crippen LogP contribution in [-0.2, 0) is 4.74 Å². The lowest BCUT2D eigenvalue weighted by Gasteiger charge is -2.21. The third-order valence-electron chi connectivity index (χ3n) is 2.76. The number of nitrogens with zero attached hydrogens (tertiary/aromatic N) is 1. The summed E-state index contributed by atoms with van der Waals surface area (Å²) in [6, 6.07) is 1.12. The summed E-state index contributed by atoms with van der Waals surface area (Å²) in [5.74, 6) is -4.74. The van der Waals surface area contributed by atoms with E-state index in [0.29, 0.717) is 18.7 Å². The van der Waals surface area contributed by atoms with Crippen LogP contribution in [0.5, 0.6) is 0 Å². The van der Waals surface area contributed by atoms with Crippen LogP contribution in [0.15, 0.2) is 12.1 Å². The lowest BCUT2D eigenvalue weighted by Crippen LogP contribution is -2.34. The highest BCUT2D eigenvalue weighted by molar-refractivity contribution is 6.04. The highest BCUT2D eigenvalue weighted by atomic mass is 19.2. The van der Waals surface area contributed by atoms with Crippen LogP contribution in [0.1, 0.15) is 27.6 Å². The van der Waals surface area contributed by atoms with Crippen LogP contribution in [0.3, 0.4) is 0 Å². The van der Waals surface area contributed by atoms with Gasteiger partial charge >= 0.3 is 5.97 Å². The molecule has 0 aromatic heterocycles. The molecule has 0 atom stereocenters. The summed E-state index contributed by atoms with van der Waals surface area (Å²) in [6.45, 7) is 2.46. The molecule has 0 spiro atoms. The first-order chi connectivity index (χ1) is 9.42. The van der Waals surface area contributed by atoms with Crippen molar-refractivity contribution >= 4 is 11.9 Å². The molecule has 0 aliphatic carbocycles. The van der Waals surface area contributed by atoms with Gasteiger partial charge in [-0.1, -0.05) is 0 Å². The molecule has 0 fully saturated rings. The van der Waals surface area contributed by atoms with E-state index in [1.165, 1.54) is 12.0 Å². The fraction of sp³-hybridized carbons (Fsp3) is 0.385. The molecule has 0 saturated heterocycles. The molecule has 0 bridgehead atoms. The summed E-state index contributed by atoms with van der Waals surface area (Å²) in [4.78, 5) is 24.5. The molecule has 0 aliphatic heterocycles. The Kier molecular flexibility index (Phi) is 5.57. The Morgan fingerprint density at radius 2 is 1.80 bits per heavy atom. The zero-order valence-electron chi connectivity index (χ0n) is 11.2. The molecule has 1 amide bonds. The summed E-state index contributed by atoms with van der Waals surface area (Å²) < 4.78 is 31.2. The van der Waals surface area contributed by atoms with Gasteiger partial charge in [-0.25, -0.2) is 13.6 Å². The van der Waals surface area contributed by atoms with Crippen molar-refractivity contribution in [2.75, 3.05) is 26.8 Å². The number of amides is 1. The Balaban J connectivity index is 3.19. The number of ether oxygens (including phenoxy) is 1. The first-order valence-corrected chi connectivity index (χ1v) is 5.92. The van der Waals surface area contributed by atoms with Crippen molar-refractivity contribution < 1.29 is 28.2 Å². The van der Waals surface area contributed by atoms with E-state index < -0.39 is 29.1 Å². The van der Waals surface area contributed by atoms with Crippen LogP contribution in [0, 0.1) is 11.6 Å². The van der Waals surface area contributed by atoms with E-state index in [-0.39, 0.29) is 18.7 Å². The van der Waals surface area contributed by atoms with E-state index in [2.05, 4.69) is 0 Å². The van der Waals surface area contributed by atoms with Crippen LogP contribution in [0.2, 0.25) is 0 Å². The number of rotatable bonds is 6. The zero-order chi connectivity index (χ0) is 15.3. The zero-order valence-corrected chi connectivity index (χ0v) is 11.2. The number of hydrogen-bond donors (Lipinski definition) is 1. The highest BCUT2D eigenvalue weighted by Crippen LogP contribution is 2.17. The number of methoxy groups -OCH3 is 1. The van der Waals surface area contributed by atoms with E-state index in [0.717, 1.165) is 0 Å². The van der Waals surface area contributed by atoms with Crippen LogP contribution >= 0.6 is 0 Å². The SMILES string of the molecule is CCN(CCOC)C(=O)c1cc(F)c(F)cc1C(=O)O. The molecule has 7 heteroatoms. The fourth-order valence-electron chi connectivity index (χ4n) is 1.68. The molecular formula is C13H15F2NO4. The monoisotopic (exact) mass is 287 g/mol. The first-order valence-electron chi connectivity index (χ1n) is 5.92. The standard InChI is InChI=1S/C13H15F2NO4/c1-3-16(4-5-20-2)12(17)8-6-10(14)11(15)7-9(8)13(18)19/h6-7H,3-5H2,1-2H3,(H,18,19). The lowest BCUT2D eigenvalue weighted by atomic mass is 10.1. The van der Waals surface area contributed by atoms with E-state index in [1.807, 2.05) is 0 Å². The molecule has 0 aliphatic rings. The maximum Gasteiger partial charge on any atom is 0.336 e. The van der Waals surface area contributed by atoms with E-state index in [4.69, 9.17) is 9.84 Å². The molecule has 0 heterocycles. The first kappa shape index (κ1) is 16.0. The number of likely N-dealkylation sites (N-methyl/N-ethyl adjacent to an activating group) is 1. The summed E-state index contributed by atoms with van der Waals surface area (Å²) in [6.07, 6.45) is 0. The Morgan fingerprint density at radius 3 is 2.25 bits per heavy atom. The predicted octanol–water partition coefficient (Wildman–Crippen LogP) is 1.77. The second kappa shape index (κ2) is 6.95. The quantitative estimate of drug-likeness (QED) is 0.866. The fourth-order valence-corrected chi connectivity index (χ4v) is 1.68. The van der Waals surface area contributed by atoms with Crippen LogP contribution < -0.4 is 0 Å². The third kappa shape index (κ3) is 3.51. The molecule has 20 heavy (non-hydrogen) atoms. The van der Waals surface area contributed by atoms with Crippen molar-refractivity contribution in [3.63, 3.8) is 0 Å². The predicted molar refractivity (Wildman–Crippen MR) is 66.8 cm³/mol. The highest BCUT2D eigenvalue weighted by Gasteiger charge is 2.23. The van der Waals surface area contributed by atoms with Crippen LogP contribution in [0.25, 0.3) is 0 Å². The third-order valence-corrected chi connectivity index (χ3v) is 2.76. The van der Waals surface area contributed by atoms with Gasteiger partial charge in [0, 0.05) is 20.2 Å². The molecule has 110 valence electrons. The number of carbonyl (C=O) groups is 2. The van der Waals surface area contributed by atoms with Gasteiger partial charge in [-0.15, -0.1) is 0 Å². The second-order valence-corrected chi connectivity index (χ2v) is 3.99. The largest absolute Gasteiger partial charge is 0.478 e. The van der Waals surface area contributed by atoms with Gasteiger partial charge in [0.25, 0.3) is 5.91 Å². The van der Waals surface area contributed by atoms with Gasteiger partial charge < -0.3 is 14.7 Å². The van der Waals surface area contributed by atoms with E-state index in [1.54, 1.807) is 6.92 Å². The van der Waals surface area contributed by atoms with E-state index in [9.17, 15) is 18.4 Å². The number of halogens is 2. The van der Waals surface area contributed by atoms with Crippen molar-refractivity contribution in [1.82, 2.24) is 4.90 Å². The minimum Gasteiger partial charge on any atom is -0.478 e. The molecule has 1 aromatic carbocycles. The molecule has 1 N–H and O–H groups in total. The number of carbonyl (C=O) groups excluding carboxylic acids is 1. The molecular weight excluding hydrogens is 272 g/mol. The van der Waals surface area contributed by atoms with Crippen molar-refractivity contribution in [2.45, 2.75) is 6.92 Å². The number of carboxylic acids is 1. The number of hydrogen-bond acceptors (Lipinski definition) is 3. The van der Waals surface area contributed by atoms with Crippen molar-refractivity contribution in [2.24, 2.45) is 0 Å². The van der Waals surface area contributed by atoms with Crippen LogP contribution in [0.4, 0.5) is 8.78 Å². The number of aromatic carboxylic acids is 1. The Morgan fingerprint density at radius 1 is 1.25 bits per heavy atom. The Bertz CT molecular complexity index is 519. The lowest BCUT2D eigenvalue weighted by molar-refractivity contribution is 0.0659. The van der Waals surface area contributed by atoms with Crippen LogP contribution in [-0.4, -0.2) is 48.7 Å². The number of benzene rings is 1. The van der Waals surface area contributed by atoms with Gasteiger partial charge in [-0.3, -0.25) is 4.79 Å². The second-order valence-electron chi connectivity index (χ2n) is 3.99. The van der Waals surface area contributed by atoms with Gasteiger partial charge in [0.15, 0.2) is 11.6 Å².